The van der Waals surface area contributed by atoms with Gasteiger partial charge < -0.3 is 0 Å². The van der Waals surface area contributed by atoms with Gasteiger partial charge in [-0.2, -0.15) is 10.2 Å². The zero-order chi connectivity index (χ0) is 20.5. The lowest BCUT2D eigenvalue weighted by Crippen LogP contribution is -2.17. The molecule has 0 aliphatic heterocycles. The van der Waals surface area contributed by atoms with Crippen molar-refractivity contribution in [2.45, 2.75) is 17.7 Å². The first-order chi connectivity index (χ1) is 14.7. The summed E-state index contributed by atoms with van der Waals surface area (Å²) in [6.07, 6.45) is 5.83. The molecule has 1 aromatic heterocycles. The first-order valence-corrected chi connectivity index (χ1v) is 11.0. The topological polar surface area (TPSA) is 70.1 Å². The van der Waals surface area contributed by atoms with Crippen molar-refractivity contribution in [1.82, 2.24) is 15.6 Å². The second-order valence-electron chi connectivity index (χ2n) is 7.25. The average molecular weight is 413 g/mol. The molecule has 5 rings (SSSR count). The maximum absolute atomic E-state index is 12.5. The van der Waals surface area contributed by atoms with Crippen molar-refractivity contribution in [2.75, 3.05) is 6.26 Å². The number of aryl methyl sites for hydroxylation is 2. The second-order valence-corrected chi connectivity index (χ2v) is 8.13. The molecule has 0 saturated carbocycles. The van der Waals surface area contributed by atoms with Gasteiger partial charge >= 0.3 is 0 Å². The molecule has 1 aliphatic rings. The summed E-state index contributed by atoms with van der Waals surface area (Å²) >= 11 is 1.68. The van der Waals surface area contributed by atoms with E-state index in [0.717, 1.165) is 29.7 Å². The minimum Gasteiger partial charge on any atom is -0.272 e. The van der Waals surface area contributed by atoms with E-state index in [1.165, 1.54) is 26.8 Å². The number of aromatic nitrogens is 2. The zero-order valence-corrected chi connectivity index (χ0v) is 17.3. The Morgan fingerprint density at radius 3 is 2.70 bits per heavy atom. The molecule has 0 radical (unpaired) electrons. The van der Waals surface area contributed by atoms with Gasteiger partial charge in [-0.05, 0) is 64.8 Å². The van der Waals surface area contributed by atoms with Gasteiger partial charge in [0.2, 0.25) is 0 Å². The van der Waals surface area contributed by atoms with Gasteiger partial charge in [-0.15, -0.1) is 11.8 Å². The Morgan fingerprint density at radius 2 is 1.90 bits per heavy atom. The lowest BCUT2D eigenvalue weighted by atomic mass is 9.98. The summed E-state index contributed by atoms with van der Waals surface area (Å²) in [4.78, 5) is 13.6. The van der Waals surface area contributed by atoms with Gasteiger partial charge in [0, 0.05) is 10.5 Å². The normalized spacial score (nSPS) is 12.7. The Morgan fingerprint density at radius 1 is 1.10 bits per heavy atom. The number of rotatable bonds is 5. The summed E-state index contributed by atoms with van der Waals surface area (Å²) in [6.45, 7) is 0. The highest BCUT2D eigenvalue weighted by molar-refractivity contribution is 7.98. The first-order valence-electron chi connectivity index (χ1n) is 9.79. The van der Waals surface area contributed by atoms with Crippen molar-refractivity contribution >= 4 is 34.7 Å². The molecule has 2 N–H and O–H groups in total. The number of hydrogen-bond donors (Lipinski definition) is 2. The number of aromatic amines is 1. The van der Waals surface area contributed by atoms with Crippen molar-refractivity contribution in [3.05, 3.63) is 83.0 Å². The molecule has 0 unspecified atom stereocenters. The molecule has 1 amide bonds. The van der Waals surface area contributed by atoms with Gasteiger partial charge in [0.15, 0.2) is 0 Å². The molecule has 1 heterocycles. The number of hydrazone groups is 1. The molecule has 0 bridgehead atoms. The van der Waals surface area contributed by atoms with Crippen LogP contribution in [0.3, 0.4) is 0 Å². The van der Waals surface area contributed by atoms with Gasteiger partial charge in [-0.1, -0.05) is 42.5 Å². The maximum atomic E-state index is 12.5. The third-order valence-corrected chi connectivity index (χ3v) is 6.21. The van der Waals surface area contributed by atoms with Gasteiger partial charge in [0.25, 0.3) is 5.91 Å². The van der Waals surface area contributed by atoms with Crippen LogP contribution >= 0.6 is 11.8 Å². The quantitative estimate of drug-likeness (QED) is 0.281. The van der Waals surface area contributed by atoms with E-state index in [2.05, 4.69) is 51.1 Å². The molecule has 4 aromatic rings. The molecule has 6 heteroatoms. The number of benzene rings is 3. The van der Waals surface area contributed by atoms with Gasteiger partial charge in [-0.25, -0.2) is 5.43 Å². The van der Waals surface area contributed by atoms with Crippen LogP contribution in [0.5, 0.6) is 0 Å². The van der Waals surface area contributed by atoms with E-state index in [0.29, 0.717) is 5.69 Å². The Kier molecular flexibility index (Phi) is 4.85. The van der Waals surface area contributed by atoms with Crippen LogP contribution in [0, 0.1) is 0 Å². The average Bonchev–Trinajstić information content (AvgIpc) is 3.43. The Bertz CT molecular complexity index is 1260. The number of H-pyrrole nitrogens is 1. The highest BCUT2D eigenvalue weighted by Crippen LogP contribution is 2.36. The summed E-state index contributed by atoms with van der Waals surface area (Å²) in [5.41, 5.74) is 8.42. The maximum Gasteiger partial charge on any atom is 0.289 e. The third-order valence-electron chi connectivity index (χ3n) is 5.47. The van der Waals surface area contributed by atoms with E-state index in [1.807, 2.05) is 30.5 Å². The van der Waals surface area contributed by atoms with Crippen LogP contribution in [0.2, 0.25) is 0 Å². The summed E-state index contributed by atoms with van der Waals surface area (Å²) in [6, 6.07) is 20.4. The van der Waals surface area contributed by atoms with Crippen molar-refractivity contribution in [3.8, 4) is 11.3 Å². The van der Waals surface area contributed by atoms with Gasteiger partial charge in [0.05, 0.1) is 11.9 Å². The Balaban J connectivity index is 1.35. The second kappa shape index (κ2) is 7.80. The van der Waals surface area contributed by atoms with Crippen LogP contribution in [0.1, 0.15) is 27.2 Å². The standard InChI is InChI=1S/C24H20N4OS/c1-30-18-10-5-15(6-11-18)14-25-28-24(29)22-13-21(26-27-22)19-12-9-17-8-7-16-3-2-4-20(19)23(16)17/h2-6,9-14H,7-8H2,1H3,(H,26,27)(H,28,29)/b25-14+. The zero-order valence-electron chi connectivity index (χ0n) is 16.5. The van der Waals surface area contributed by atoms with Crippen molar-refractivity contribution in [1.29, 1.82) is 0 Å². The van der Waals surface area contributed by atoms with E-state index >= 15 is 0 Å². The van der Waals surface area contributed by atoms with Crippen molar-refractivity contribution < 1.29 is 4.79 Å². The van der Waals surface area contributed by atoms with E-state index in [4.69, 9.17) is 0 Å². The van der Waals surface area contributed by atoms with Crippen LogP contribution in [-0.4, -0.2) is 28.6 Å². The van der Waals surface area contributed by atoms with Gasteiger partial charge in [0.1, 0.15) is 5.69 Å². The van der Waals surface area contributed by atoms with Crippen LogP contribution in [0.4, 0.5) is 0 Å². The number of nitrogens with one attached hydrogen (secondary N) is 2. The smallest absolute Gasteiger partial charge is 0.272 e. The number of hydrogen-bond acceptors (Lipinski definition) is 4. The van der Waals surface area contributed by atoms with Crippen molar-refractivity contribution in [2.24, 2.45) is 5.10 Å². The number of amides is 1. The molecule has 1 aliphatic carbocycles. The van der Waals surface area contributed by atoms with E-state index < -0.39 is 0 Å². The highest BCUT2D eigenvalue weighted by Gasteiger charge is 2.18. The number of carbonyl (C=O) groups excluding carboxylic acids is 1. The molecule has 30 heavy (non-hydrogen) atoms. The third kappa shape index (κ3) is 3.39. The minimum atomic E-state index is -0.323. The predicted molar refractivity (Wildman–Crippen MR) is 122 cm³/mol. The largest absolute Gasteiger partial charge is 0.289 e. The fraction of sp³-hybridized carbons (Fsp3) is 0.125. The number of carbonyl (C=O) groups is 1. The summed E-state index contributed by atoms with van der Waals surface area (Å²) in [5.74, 6) is -0.323. The Labute approximate surface area is 178 Å². The summed E-state index contributed by atoms with van der Waals surface area (Å²) < 4.78 is 0. The molecule has 0 atom stereocenters. The lowest BCUT2D eigenvalue weighted by Gasteiger charge is -2.06. The molecule has 148 valence electrons. The SMILES string of the molecule is CSc1ccc(/C=N/NC(=O)c2cc(-c3ccc4c5c(cccc35)CC4)n[nH]2)cc1. The highest BCUT2D eigenvalue weighted by atomic mass is 32.2. The minimum absolute atomic E-state index is 0.323. The molecule has 0 spiro atoms. The first kappa shape index (κ1) is 18.6. The van der Waals surface area contributed by atoms with Crippen LogP contribution in [0.25, 0.3) is 22.0 Å². The van der Waals surface area contributed by atoms with Gasteiger partial charge in [-0.3, -0.25) is 9.89 Å². The Hall–Kier alpha value is -3.38. The predicted octanol–water partition coefficient (Wildman–Crippen LogP) is 4.81. The molecule has 0 saturated heterocycles. The summed E-state index contributed by atoms with van der Waals surface area (Å²) in [7, 11) is 0. The van der Waals surface area contributed by atoms with Crippen LogP contribution in [-0.2, 0) is 12.8 Å². The molecular weight excluding hydrogens is 392 g/mol. The fourth-order valence-corrected chi connectivity index (χ4v) is 4.37. The monoisotopic (exact) mass is 412 g/mol. The van der Waals surface area contributed by atoms with Crippen LogP contribution in [0.15, 0.2) is 70.7 Å². The molecular formula is C24H20N4OS. The molecule has 3 aromatic carbocycles. The number of thioether (sulfide) groups is 1. The van der Waals surface area contributed by atoms with Crippen LogP contribution < -0.4 is 5.43 Å². The van der Waals surface area contributed by atoms with E-state index in [9.17, 15) is 4.79 Å². The number of nitrogens with zero attached hydrogens (tertiary/aromatic N) is 2. The van der Waals surface area contributed by atoms with E-state index in [-0.39, 0.29) is 5.91 Å². The molecule has 0 fully saturated rings. The lowest BCUT2D eigenvalue weighted by molar-refractivity contribution is 0.0950. The van der Waals surface area contributed by atoms with E-state index in [1.54, 1.807) is 24.0 Å². The summed E-state index contributed by atoms with van der Waals surface area (Å²) in [5, 5.41) is 13.8. The molecule has 5 nitrogen and oxygen atoms in total. The van der Waals surface area contributed by atoms with Crippen molar-refractivity contribution in [3.63, 3.8) is 0 Å². The fourth-order valence-electron chi connectivity index (χ4n) is 3.96.